The molecule has 1 amide bonds. The van der Waals surface area contributed by atoms with Crippen LogP contribution in [0.1, 0.15) is 47.3 Å². The first-order valence-corrected chi connectivity index (χ1v) is 8.66. The number of benzene rings is 1. The van der Waals surface area contributed by atoms with E-state index in [2.05, 4.69) is 10.5 Å². The number of rotatable bonds is 4. The fraction of sp³-hybridized carbons (Fsp3) is 0.444. The molecule has 1 fully saturated rings. The second-order valence-electron chi connectivity index (χ2n) is 6.67. The fourth-order valence-corrected chi connectivity index (χ4v) is 3.22. The van der Waals surface area contributed by atoms with Crippen LogP contribution in [0.3, 0.4) is 0 Å². The van der Waals surface area contributed by atoms with Crippen LogP contribution in [-0.2, 0) is 12.8 Å². The lowest BCUT2D eigenvalue weighted by atomic mass is 9.93. The molecule has 0 bridgehead atoms. The molecule has 3 N–H and O–H groups in total. The summed E-state index contributed by atoms with van der Waals surface area (Å²) in [6.45, 7) is -0.673. The average Bonchev–Trinajstić information content (AvgIpc) is 3.06. The molecular weight excluding hydrogens is 384 g/mol. The van der Waals surface area contributed by atoms with E-state index in [1.54, 1.807) is 0 Å². The van der Waals surface area contributed by atoms with E-state index < -0.39 is 36.2 Å². The van der Waals surface area contributed by atoms with E-state index in [1.165, 1.54) is 0 Å². The van der Waals surface area contributed by atoms with Gasteiger partial charge in [-0.25, -0.2) is 4.39 Å². The SMILES string of the molecule is O=C(N[C@H]1CC[C@H](O)CC1)c1noc(-c2ccc(C(F)(F)F)c(F)c2)c1CO. The van der Waals surface area contributed by atoms with Crippen molar-refractivity contribution < 1.29 is 37.1 Å². The lowest BCUT2D eigenvalue weighted by molar-refractivity contribution is -0.139. The topological polar surface area (TPSA) is 95.6 Å². The molecule has 152 valence electrons. The minimum absolute atomic E-state index is 0.0486. The fourth-order valence-electron chi connectivity index (χ4n) is 3.22. The monoisotopic (exact) mass is 402 g/mol. The lowest BCUT2D eigenvalue weighted by Gasteiger charge is -2.25. The number of aromatic nitrogens is 1. The quantitative estimate of drug-likeness (QED) is 0.684. The van der Waals surface area contributed by atoms with Crippen molar-refractivity contribution in [2.45, 2.75) is 50.6 Å². The molecule has 0 unspecified atom stereocenters. The van der Waals surface area contributed by atoms with E-state index in [0.717, 1.165) is 6.07 Å². The van der Waals surface area contributed by atoms with Crippen molar-refractivity contribution in [3.63, 3.8) is 0 Å². The summed E-state index contributed by atoms with van der Waals surface area (Å²) in [6, 6.07) is 1.98. The molecule has 0 saturated heterocycles. The normalized spacial score (nSPS) is 20.2. The number of nitrogens with zero attached hydrogens (tertiary/aromatic N) is 1. The zero-order valence-corrected chi connectivity index (χ0v) is 14.6. The Labute approximate surface area is 157 Å². The molecule has 0 radical (unpaired) electrons. The molecular formula is C18H18F4N2O4. The number of aliphatic hydroxyl groups excluding tert-OH is 2. The van der Waals surface area contributed by atoms with Crippen LogP contribution in [0.15, 0.2) is 22.7 Å². The molecule has 1 heterocycles. The van der Waals surface area contributed by atoms with Crippen molar-refractivity contribution in [1.29, 1.82) is 0 Å². The predicted molar refractivity (Wildman–Crippen MR) is 88.6 cm³/mol. The molecule has 1 aromatic heterocycles. The van der Waals surface area contributed by atoms with Gasteiger partial charge in [-0.2, -0.15) is 13.2 Å². The molecule has 3 rings (SSSR count). The Bertz CT molecular complexity index is 858. The van der Waals surface area contributed by atoms with E-state index in [-0.39, 0.29) is 28.6 Å². The number of halogens is 4. The molecule has 28 heavy (non-hydrogen) atoms. The summed E-state index contributed by atoms with van der Waals surface area (Å²) in [5.74, 6) is -2.30. The first-order valence-electron chi connectivity index (χ1n) is 8.66. The second kappa shape index (κ2) is 7.88. The molecule has 1 aliphatic rings. The summed E-state index contributed by atoms with van der Waals surface area (Å²) in [7, 11) is 0. The maximum Gasteiger partial charge on any atom is 0.419 e. The van der Waals surface area contributed by atoms with E-state index in [1.807, 2.05) is 0 Å². The van der Waals surface area contributed by atoms with Crippen molar-refractivity contribution in [2.75, 3.05) is 0 Å². The first-order chi connectivity index (χ1) is 13.2. The summed E-state index contributed by atoms with van der Waals surface area (Å²) in [4.78, 5) is 12.4. The van der Waals surface area contributed by atoms with E-state index in [9.17, 15) is 32.6 Å². The van der Waals surface area contributed by atoms with Gasteiger partial charge in [-0.3, -0.25) is 4.79 Å². The van der Waals surface area contributed by atoms with Crippen LogP contribution in [0.2, 0.25) is 0 Å². The van der Waals surface area contributed by atoms with Crippen molar-refractivity contribution >= 4 is 5.91 Å². The standard InChI is InChI=1S/C18H18F4N2O4/c19-14-7-9(1-6-13(14)18(20,21)22)16-12(8-25)15(24-28-16)17(27)23-10-2-4-11(26)5-3-10/h1,6-7,10-11,25-26H,2-5,8H2,(H,23,27)/t10-,11-. The number of aliphatic hydroxyl groups is 2. The van der Waals surface area contributed by atoms with Gasteiger partial charge in [0.05, 0.1) is 23.8 Å². The second-order valence-corrected chi connectivity index (χ2v) is 6.67. The smallest absolute Gasteiger partial charge is 0.393 e. The van der Waals surface area contributed by atoms with Gasteiger partial charge in [0.25, 0.3) is 5.91 Å². The summed E-state index contributed by atoms with van der Waals surface area (Å²) < 4.78 is 57.0. The highest BCUT2D eigenvalue weighted by Crippen LogP contribution is 2.35. The van der Waals surface area contributed by atoms with E-state index in [4.69, 9.17) is 4.52 Å². The van der Waals surface area contributed by atoms with Gasteiger partial charge < -0.3 is 20.1 Å². The molecule has 0 atom stereocenters. The van der Waals surface area contributed by atoms with Crippen LogP contribution in [0, 0.1) is 5.82 Å². The van der Waals surface area contributed by atoms with Gasteiger partial charge in [0.15, 0.2) is 11.5 Å². The van der Waals surface area contributed by atoms with Crippen LogP contribution in [0.5, 0.6) is 0 Å². The molecule has 1 aromatic carbocycles. The van der Waals surface area contributed by atoms with Gasteiger partial charge >= 0.3 is 6.18 Å². The summed E-state index contributed by atoms with van der Waals surface area (Å²) in [5.41, 5.74) is -1.78. The molecule has 0 spiro atoms. The third-order valence-corrected chi connectivity index (χ3v) is 4.73. The zero-order valence-electron chi connectivity index (χ0n) is 14.6. The average molecular weight is 402 g/mol. The Morgan fingerprint density at radius 3 is 2.50 bits per heavy atom. The van der Waals surface area contributed by atoms with Gasteiger partial charge in [0.1, 0.15) is 5.82 Å². The number of carbonyl (C=O) groups excluding carboxylic acids is 1. The van der Waals surface area contributed by atoms with Crippen molar-refractivity contribution in [3.8, 4) is 11.3 Å². The van der Waals surface area contributed by atoms with Gasteiger partial charge in [-0.15, -0.1) is 0 Å². The third-order valence-electron chi connectivity index (χ3n) is 4.73. The van der Waals surface area contributed by atoms with Crippen LogP contribution >= 0.6 is 0 Å². The first kappa shape index (κ1) is 20.3. The highest BCUT2D eigenvalue weighted by Gasteiger charge is 2.34. The maximum absolute atomic E-state index is 13.8. The molecule has 1 saturated carbocycles. The Balaban J connectivity index is 1.84. The number of carbonyl (C=O) groups is 1. The summed E-state index contributed by atoms with van der Waals surface area (Å²) in [5, 5.41) is 25.4. The molecule has 1 aliphatic carbocycles. The van der Waals surface area contributed by atoms with Gasteiger partial charge in [0.2, 0.25) is 0 Å². The van der Waals surface area contributed by atoms with Gasteiger partial charge in [-0.05, 0) is 37.8 Å². The highest BCUT2D eigenvalue weighted by atomic mass is 19.4. The molecule has 10 heteroatoms. The molecule has 0 aliphatic heterocycles. The largest absolute Gasteiger partial charge is 0.419 e. The number of hydrogen-bond acceptors (Lipinski definition) is 5. The van der Waals surface area contributed by atoms with E-state index in [0.29, 0.717) is 37.8 Å². The number of alkyl halides is 3. The van der Waals surface area contributed by atoms with Crippen LogP contribution in [0.4, 0.5) is 17.6 Å². The van der Waals surface area contributed by atoms with Crippen molar-refractivity contribution in [3.05, 3.63) is 40.8 Å². The maximum atomic E-state index is 13.8. The van der Waals surface area contributed by atoms with Crippen LogP contribution < -0.4 is 5.32 Å². The van der Waals surface area contributed by atoms with Crippen molar-refractivity contribution in [1.82, 2.24) is 10.5 Å². The lowest BCUT2D eigenvalue weighted by Crippen LogP contribution is -2.39. The Morgan fingerprint density at radius 2 is 1.93 bits per heavy atom. The Morgan fingerprint density at radius 1 is 1.25 bits per heavy atom. The zero-order chi connectivity index (χ0) is 20.5. The van der Waals surface area contributed by atoms with E-state index >= 15 is 0 Å². The highest BCUT2D eigenvalue weighted by molar-refractivity contribution is 5.95. The minimum Gasteiger partial charge on any atom is -0.393 e. The summed E-state index contributed by atoms with van der Waals surface area (Å²) in [6.07, 6.45) is -2.98. The summed E-state index contributed by atoms with van der Waals surface area (Å²) >= 11 is 0. The van der Waals surface area contributed by atoms with Gasteiger partial charge in [0, 0.05) is 11.6 Å². The van der Waals surface area contributed by atoms with Gasteiger partial charge in [-0.1, -0.05) is 11.2 Å². The Hall–Kier alpha value is -2.46. The number of hydrogen-bond donors (Lipinski definition) is 3. The van der Waals surface area contributed by atoms with Crippen LogP contribution in [-0.4, -0.2) is 33.4 Å². The number of amides is 1. The molecule has 6 nitrogen and oxygen atoms in total. The molecule has 2 aromatic rings. The predicted octanol–water partition coefficient (Wildman–Crippen LogP) is 3.03. The number of nitrogens with one attached hydrogen (secondary N) is 1. The third kappa shape index (κ3) is 4.17. The minimum atomic E-state index is -4.84. The van der Waals surface area contributed by atoms with Crippen molar-refractivity contribution in [2.24, 2.45) is 0 Å². The Kier molecular flexibility index (Phi) is 5.71. The van der Waals surface area contributed by atoms with Crippen LogP contribution in [0.25, 0.3) is 11.3 Å².